The van der Waals surface area contributed by atoms with Crippen LogP contribution in [-0.4, -0.2) is 41.5 Å². The number of likely N-dealkylation sites (tertiary alicyclic amines) is 1. The van der Waals surface area contributed by atoms with E-state index in [1.165, 1.54) is 12.0 Å². The number of nitrogens with one attached hydrogen (secondary N) is 2. The molecule has 0 bridgehead atoms. The average Bonchev–Trinajstić information content (AvgIpc) is 2.63. The molecular formula is C20H26N4O. The summed E-state index contributed by atoms with van der Waals surface area (Å²) in [7, 11) is 0. The lowest BCUT2D eigenvalue weighted by Crippen LogP contribution is -2.41. The maximum absolute atomic E-state index is 11.9. The van der Waals surface area contributed by atoms with Gasteiger partial charge in [-0.1, -0.05) is 30.3 Å². The standard InChI is InChI=1S/C20H26N4O/c1-2-21-20(25)19-13-17(10-11-22-19)23-18-9-6-12-24(15-18)14-16-7-4-3-5-8-16/h3-5,7-8,10-11,13,18H,2,6,9,12,14-15H2,1H3,(H,21,25)(H,22,23). The minimum absolute atomic E-state index is 0.125. The van der Waals surface area contributed by atoms with Crippen LogP contribution in [0, 0.1) is 0 Å². The normalized spacial score (nSPS) is 17.9. The number of nitrogens with zero attached hydrogens (tertiary/aromatic N) is 2. The summed E-state index contributed by atoms with van der Waals surface area (Å²) in [6.45, 7) is 5.64. The fourth-order valence-electron chi connectivity index (χ4n) is 3.29. The highest BCUT2D eigenvalue weighted by atomic mass is 16.1. The number of carbonyl (C=O) groups excluding carboxylic acids is 1. The zero-order valence-electron chi connectivity index (χ0n) is 14.7. The second kappa shape index (κ2) is 8.62. The van der Waals surface area contributed by atoms with E-state index in [9.17, 15) is 4.79 Å². The summed E-state index contributed by atoms with van der Waals surface area (Å²) in [4.78, 5) is 18.6. The molecule has 2 aromatic rings. The first-order chi connectivity index (χ1) is 12.2. The van der Waals surface area contributed by atoms with Crippen molar-refractivity contribution in [2.45, 2.75) is 32.4 Å². The van der Waals surface area contributed by atoms with Gasteiger partial charge < -0.3 is 10.6 Å². The number of aromatic nitrogens is 1. The van der Waals surface area contributed by atoms with Gasteiger partial charge in [-0.2, -0.15) is 0 Å². The van der Waals surface area contributed by atoms with E-state index in [4.69, 9.17) is 0 Å². The summed E-state index contributed by atoms with van der Waals surface area (Å²) in [5, 5.41) is 6.36. The van der Waals surface area contributed by atoms with Gasteiger partial charge in [0.05, 0.1) is 0 Å². The van der Waals surface area contributed by atoms with E-state index in [-0.39, 0.29) is 5.91 Å². The second-order valence-corrected chi connectivity index (χ2v) is 6.49. The molecular weight excluding hydrogens is 312 g/mol. The maximum atomic E-state index is 11.9. The third kappa shape index (κ3) is 5.03. The Bertz CT molecular complexity index is 689. The molecule has 5 heteroatoms. The van der Waals surface area contributed by atoms with Gasteiger partial charge in [-0.15, -0.1) is 0 Å². The highest BCUT2D eigenvalue weighted by Crippen LogP contribution is 2.18. The number of piperidine rings is 1. The highest BCUT2D eigenvalue weighted by Gasteiger charge is 2.20. The summed E-state index contributed by atoms with van der Waals surface area (Å²) < 4.78 is 0. The third-order valence-corrected chi connectivity index (χ3v) is 4.46. The Labute approximate surface area is 149 Å². The van der Waals surface area contributed by atoms with Gasteiger partial charge in [0.1, 0.15) is 5.69 Å². The van der Waals surface area contributed by atoms with Crippen LogP contribution in [0.1, 0.15) is 35.8 Å². The lowest BCUT2D eigenvalue weighted by Gasteiger charge is -2.33. The van der Waals surface area contributed by atoms with Crippen LogP contribution in [0.25, 0.3) is 0 Å². The number of anilines is 1. The minimum atomic E-state index is -0.125. The molecule has 1 aliphatic heterocycles. The van der Waals surface area contributed by atoms with E-state index in [1.807, 2.05) is 19.1 Å². The van der Waals surface area contributed by atoms with Crippen molar-refractivity contribution >= 4 is 11.6 Å². The maximum Gasteiger partial charge on any atom is 0.269 e. The summed E-state index contributed by atoms with van der Waals surface area (Å²) in [5.74, 6) is -0.125. The molecule has 1 saturated heterocycles. The van der Waals surface area contributed by atoms with Crippen molar-refractivity contribution in [3.63, 3.8) is 0 Å². The molecule has 1 aliphatic rings. The molecule has 3 rings (SSSR count). The Morgan fingerprint density at radius 2 is 2.12 bits per heavy atom. The molecule has 2 N–H and O–H groups in total. The first-order valence-corrected chi connectivity index (χ1v) is 9.01. The van der Waals surface area contributed by atoms with E-state index in [0.717, 1.165) is 31.7 Å². The van der Waals surface area contributed by atoms with Crippen molar-refractivity contribution in [1.82, 2.24) is 15.2 Å². The molecule has 1 unspecified atom stereocenters. The molecule has 1 aromatic carbocycles. The predicted octanol–water partition coefficient (Wildman–Crippen LogP) is 2.91. The van der Waals surface area contributed by atoms with Crippen LogP contribution >= 0.6 is 0 Å². The summed E-state index contributed by atoms with van der Waals surface area (Å²) in [6.07, 6.45) is 4.01. The molecule has 1 amide bonds. The van der Waals surface area contributed by atoms with Gasteiger partial charge >= 0.3 is 0 Å². The largest absolute Gasteiger partial charge is 0.381 e. The fraction of sp³-hybridized carbons (Fsp3) is 0.400. The molecule has 1 atom stereocenters. The zero-order chi connectivity index (χ0) is 17.5. The third-order valence-electron chi connectivity index (χ3n) is 4.46. The molecule has 0 radical (unpaired) electrons. The monoisotopic (exact) mass is 338 g/mol. The number of hydrogen-bond donors (Lipinski definition) is 2. The Balaban J connectivity index is 1.59. The minimum Gasteiger partial charge on any atom is -0.381 e. The Morgan fingerprint density at radius 3 is 2.92 bits per heavy atom. The number of hydrogen-bond acceptors (Lipinski definition) is 4. The summed E-state index contributed by atoms with van der Waals surface area (Å²) in [5.41, 5.74) is 2.78. The van der Waals surface area contributed by atoms with Gasteiger partial charge in [-0.25, -0.2) is 0 Å². The number of pyridine rings is 1. The van der Waals surface area contributed by atoms with Crippen molar-refractivity contribution in [2.75, 3.05) is 25.0 Å². The number of amides is 1. The van der Waals surface area contributed by atoms with Crippen LogP contribution < -0.4 is 10.6 Å². The van der Waals surface area contributed by atoms with Gasteiger partial charge in [-0.3, -0.25) is 14.7 Å². The number of rotatable bonds is 6. The molecule has 5 nitrogen and oxygen atoms in total. The van der Waals surface area contributed by atoms with Crippen LogP contribution in [0.15, 0.2) is 48.7 Å². The topological polar surface area (TPSA) is 57.3 Å². The Kier molecular flexibility index (Phi) is 6.01. The van der Waals surface area contributed by atoms with Crippen LogP contribution in [-0.2, 0) is 6.54 Å². The first-order valence-electron chi connectivity index (χ1n) is 9.01. The van der Waals surface area contributed by atoms with Gasteiger partial charge in [-0.05, 0) is 44.0 Å². The lowest BCUT2D eigenvalue weighted by atomic mass is 10.0. The predicted molar refractivity (Wildman–Crippen MR) is 101 cm³/mol. The van der Waals surface area contributed by atoms with Gasteiger partial charge in [0.2, 0.25) is 0 Å². The molecule has 0 saturated carbocycles. The SMILES string of the molecule is CCNC(=O)c1cc(NC2CCCN(Cc3ccccc3)C2)ccn1. The first kappa shape index (κ1) is 17.4. The average molecular weight is 338 g/mol. The summed E-state index contributed by atoms with van der Waals surface area (Å²) in [6, 6.07) is 14.8. The Hall–Kier alpha value is -2.40. The Morgan fingerprint density at radius 1 is 1.28 bits per heavy atom. The van der Waals surface area contributed by atoms with Crippen molar-refractivity contribution in [1.29, 1.82) is 0 Å². The molecule has 25 heavy (non-hydrogen) atoms. The van der Waals surface area contributed by atoms with E-state index < -0.39 is 0 Å². The van der Waals surface area contributed by atoms with Crippen molar-refractivity contribution in [3.05, 3.63) is 59.9 Å². The number of benzene rings is 1. The molecule has 132 valence electrons. The fourth-order valence-corrected chi connectivity index (χ4v) is 3.29. The molecule has 2 heterocycles. The van der Waals surface area contributed by atoms with Crippen LogP contribution in [0.3, 0.4) is 0 Å². The van der Waals surface area contributed by atoms with Crippen LogP contribution in [0.5, 0.6) is 0 Å². The van der Waals surface area contributed by atoms with Gasteiger partial charge in [0.15, 0.2) is 0 Å². The van der Waals surface area contributed by atoms with Crippen molar-refractivity contribution < 1.29 is 4.79 Å². The van der Waals surface area contributed by atoms with Gasteiger partial charge in [0.25, 0.3) is 5.91 Å². The van der Waals surface area contributed by atoms with E-state index >= 15 is 0 Å². The molecule has 0 aliphatic carbocycles. The lowest BCUT2D eigenvalue weighted by molar-refractivity contribution is 0.0951. The number of carbonyl (C=O) groups is 1. The molecule has 1 aromatic heterocycles. The molecule has 1 fully saturated rings. The highest BCUT2D eigenvalue weighted by molar-refractivity contribution is 5.93. The van der Waals surface area contributed by atoms with Crippen LogP contribution in [0.2, 0.25) is 0 Å². The van der Waals surface area contributed by atoms with Gasteiger partial charge in [0, 0.05) is 37.6 Å². The van der Waals surface area contributed by atoms with E-state index in [2.05, 4.69) is 50.8 Å². The smallest absolute Gasteiger partial charge is 0.269 e. The van der Waals surface area contributed by atoms with Crippen molar-refractivity contribution in [3.8, 4) is 0 Å². The van der Waals surface area contributed by atoms with Crippen molar-refractivity contribution in [2.24, 2.45) is 0 Å². The second-order valence-electron chi connectivity index (χ2n) is 6.49. The van der Waals surface area contributed by atoms with E-state index in [1.54, 1.807) is 6.20 Å². The molecule has 0 spiro atoms. The quantitative estimate of drug-likeness (QED) is 0.850. The zero-order valence-corrected chi connectivity index (χ0v) is 14.7. The summed E-state index contributed by atoms with van der Waals surface area (Å²) >= 11 is 0. The van der Waals surface area contributed by atoms with Crippen LogP contribution in [0.4, 0.5) is 5.69 Å². The van der Waals surface area contributed by atoms with E-state index in [0.29, 0.717) is 18.3 Å².